The molecule has 3 heteroatoms. The zero-order valence-corrected chi connectivity index (χ0v) is 11.0. The van der Waals surface area contributed by atoms with Gasteiger partial charge in [0.15, 0.2) is 0 Å². The van der Waals surface area contributed by atoms with Crippen LogP contribution in [0, 0.1) is 0 Å². The van der Waals surface area contributed by atoms with Gasteiger partial charge in [0.05, 0.1) is 0 Å². The molecule has 1 aromatic heterocycles. The van der Waals surface area contributed by atoms with E-state index in [1.165, 1.54) is 0 Å². The molecule has 19 heavy (non-hydrogen) atoms. The highest BCUT2D eigenvalue weighted by Gasteiger charge is 2.19. The average Bonchev–Trinajstić information content (AvgIpc) is 2.43. The number of ether oxygens (including phenoxy) is 1. The Bertz CT molecular complexity index is 649. The van der Waals surface area contributed by atoms with Crippen LogP contribution in [0.25, 0.3) is 0 Å². The molecule has 2 aromatic rings. The third-order valence-corrected chi connectivity index (χ3v) is 3.63. The number of aromatic nitrogens is 1. The molecule has 0 bridgehead atoms. The maximum absolute atomic E-state index is 11.5. The van der Waals surface area contributed by atoms with Crippen molar-refractivity contribution in [2.45, 2.75) is 26.2 Å². The van der Waals surface area contributed by atoms with Gasteiger partial charge in [0.25, 0.3) is 0 Å². The predicted molar refractivity (Wildman–Crippen MR) is 72.7 cm³/mol. The molecule has 0 amide bonds. The average molecular weight is 253 g/mol. The van der Waals surface area contributed by atoms with E-state index in [2.05, 4.69) is 11.1 Å². The molecular formula is C16H15NO2. The largest absolute Gasteiger partial charge is 0.438 e. The number of hydrogen-bond donors (Lipinski definition) is 0. The van der Waals surface area contributed by atoms with Crippen molar-refractivity contribution in [1.82, 2.24) is 4.98 Å². The number of carbonyl (C=O) groups excluding carboxylic acids is 1. The summed E-state index contributed by atoms with van der Waals surface area (Å²) in [5, 5.41) is 0. The third-order valence-electron chi connectivity index (χ3n) is 3.63. The molecule has 3 rings (SSSR count). The quantitative estimate of drug-likeness (QED) is 0.702. The van der Waals surface area contributed by atoms with Crippen LogP contribution in [0.4, 0.5) is 0 Å². The van der Waals surface area contributed by atoms with Crippen LogP contribution in [0.2, 0.25) is 0 Å². The first-order valence-electron chi connectivity index (χ1n) is 6.40. The number of pyridine rings is 1. The summed E-state index contributed by atoms with van der Waals surface area (Å²) in [4.78, 5) is 15.7. The lowest BCUT2D eigenvalue weighted by molar-refractivity contribution is -0.118. The first kappa shape index (κ1) is 11.9. The Hall–Kier alpha value is -2.16. The maximum Gasteiger partial charge on any atom is 0.222 e. The molecule has 2 heterocycles. The third kappa shape index (κ3) is 2.12. The van der Waals surface area contributed by atoms with E-state index in [9.17, 15) is 4.79 Å². The topological polar surface area (TPSA) is 39.2 Å². The lowest BCUT2D eigenvalue weighted by Crippen LogP contribution is -2.08. The van der Waals surface area contributed by atoms with Crippen molar-refractivity contribution in [2.24, 2.45) is 0 Å². The Morgan fingerprint density at radius 1 is 1.32 bits per heavy atom. The number of carbonyl (C=O) groups is 1. The van der Waals surface area contributed by atoms with E-state index in [-0.39, 0.29) is 11.7 Å². The van der Waals surface area contributed by atoms with Gasteiger partial charge in [-0.15, -0.1) is 0 Å². The summed E-state index contributed by atoms with van der Waals surface area (Å²) in [7, 11) is 0. The molecule has 3 nitrogen and oxygen atoms in total. The second-order valence-electron chi connectivity index (χ2n) is 4.95. The Labute approximate surface area is 112 Å². The minimum atomic E-state index is -0.0689. The van der Waals surface area contributed by atoms with Gasteiger partial charge in [-0.2, -0.15) is 0 Å². The van der Waals surface area contributed by atoms with E-state index in [1.54, 1.807) is 13.1 Å². The Morgan fingerprint density at radius 2 is 2.16 bits per heavy atom. The molecule has 0 radical (unpaired) electrons. The summed E-state index contributed by atoms with van der Waals surface area (Å²) < 4.78 is 5.78. The van der Waals surface area contributed by atoms with Crippen LogP contribution in [-0.4, -0.2) is 10.8 Å². The molecule has 1 atom stereocenters. The minimum Gasteiger partial charge on any atom is -0.438 e. The van der Waals surface area contributed by atoms with Gasteiger partial charge in [-0.05, 0) is 30.2 Å². The highest BCUT2D eigenvalue weighted by molar-refractivity contribution is 5.83. The van der Waals surface area contributed by atoms with Crippen LogP contribution in [-0.2, 0) is 11.2 Å². The highest BCUT2D eigenvalue weighted by atomic mass is 16.5. The number of hydrogen-bond acceptors (Lipinski definition) is 3. The van der Waals surface area contributed by atoms with E-state index in [1.807, 2.05) is 31.2 Å². The molecule has 0 N–H and O–H groups in total. The Morgan fingerprint density at radius 3 is 2.95 bits per heavy atom. The van der Waals surface area contributed by atoms with Crippen molar-refractivity contribution in [2.75, 3.05) is 0 Å². The van der Waals surface area contributed by atoms with E-state index in [0.29, 0.717) is 5.88 Å². The van der Waals surface area contributed by atoms with Gasteiger partial charge in [-0.1, -0.05) is 25.1 Å². The first-order chi connectivity index (χ1) is 9.15. The Balaban J connectivity index is 1.98. The number of rotatable bonds is 2. The number of nitrogens with zero attached hydrogens (tertiary/aromatic N) is 1. The van der Waals surface area contributed by atoms with Gasteiger partial charge in [-0.3, -0.25) is 4.79 Å². The van der Waals surface area contributed by atoms with Crippen molar-refractivity contribution in [1.29, 1.82) is 0 Å². The number of fused-ring (bicyclic) bond motifs is 2. The van der Waals surface area contributed by atoms with Crippen molar-refractivity contribution in [3.8, 4) is 11.6 Å². The first-order valence-corrected chi connectivity index (χ1v) is 6.40. The van der Waals surface area contributed by atoms with Gasteiger partial charge in [0.2, 0.25) is 5.88 Å². The second-order valence-corrected chi connectivity index (χ2v) is 4.95. The summed E-state index contributed by atoms with van der Waals surface area (Å²) in [6.45, 7) is 3.56. The maximum atomic E-state index is 11.5. The van der Waals surface area contributed by atoms with Crippen LogP contribution >= 0.6 is 0 Å². The van der Waals surface area contributed by atoms with Gasteiger partial charge in [-0.25, -0.2) is 4.98 Å². The SMILES string of the molecule is CC(=O)C(C)c1ccc2c(c1)Cc1cccnc1O2. The number of ketones is 1. The lowest BCUT2D eigenvalue weighted by atomic mass is 9.93. The van der Waals surface area contributed by atoms with Crippen LogP contribution in [0.3, 0.4) is 0 Å². The van der Waals surface area contributed by atoms with E-state index >= 15 is 0 Å². The monoisotopic (exact) mass is 253 g/mol. The van der Waals surface area contributed by atoms with Crippen molar-refractivity contribution >= 4 is 5.78 Å². The fourth-order valence-electron chi connectivity index (χ4n) is 2.30. The molecule has 0 saturated heterocycles. The summed E-state index contributed by atoms with van der Waals surface area (Å²) in [6, 6.07) is 9.89. The summed E-state index contributed by atoms with van der Waals surface area (Å²) in [5.74, 6) is 1.63. The van der Waals surface area contributed by atoms with Crippen molar-refractivity contribution in [3.05, 3.63) is 53.2 Å². The molecule has 0 saturated carbocycles. The standard InChI is InChI=1S/C16H15NO2/c1-10(11(2)18)12-5-6-15-14(8-12)9-13-4-3-7-17-16(13)19-15/h3-8,10H,9H2,1-2H3. The van der Waals surface area contributed by atoms with E-state index in [4.69, 9.17) is 4.74 Å². The highest BCUT2D eigenvalue weighted by Crippen LogP contribution is 2.36. The van der Waals surface area contributed by atoms with E-state index < -0.39 is 0 Å². The second kappa shape index (κ2) is 4.50. The normalized spacial score (nSPS) is 14.0. The van der Waals surface area contributed by atoms with Crippen molar-refractivity contribution < 1.29 is 9.53 Å². The zero-order chi connectivity index (χ0) is 13.4. The van der Waals surface area contributed by atoms with Crippen LogP contribution < -0.4 is 4.74 Å². The van der Waals surface area contributed by atoms with E-state index in [0.717, 1.165) is 28.9 Å². The van der Waals surface area contributed by atoms with Crippen LogP contribution in [0.5, 0.6) is 11.6 Å². The fourth-order valence-corrected chi connectivity index (χ4v) is 2.30. The zero-order valence-electron chi connectivity index (χ0n) is 11.0. The molecule has 1 unspecified atom stereocenters. The predicted octanol–water partition coefficient (Wildman–Crippen LogP) is 3.47. The van der Waals surface area contributed by atoms with Gasteiger partial charge >= 0.3 is 0 Å². The summed E-state index contributed by atoms with van der Waals surface area (Å²) in [5.41, 5.74) is 3.25. The molecule has 0 fully saturated rings. The fraction of sp³-hybridized carbons (Fsp3) is 0.250. The molecule has 0 spiro atoms. The lowest BCUT2D eigenvalue weighted by Gasteiger charge is -2.20. The van der Waals surface area contributed by atoms with Gasteiger partial charge in [0.1, 0.15) is 11.5 Å². The van der Waals surface area contributed by atoms with Gasteiger partial charge < -0.3 is 4.74 Å². The molecular weight excluding hydrogens is 238 g/mol. The number of Topliss-reactive ketones (excluding diaryl/α,β-unsaturated/α-hetero) is 1. The summed E-state index contributed by atoms with van der Waals surface area (Å²) in [6.07, 6.45) is 2.53. The Kier molecular flexibility index (Phi) is 2.82. The van der Waals surface area contributed by atoms with Crippen LogP contribution in [0.15, 0.2) is 36.5 Å². The van der Waals surface area contributed by atoms with Crippen LogP contribution in [0.1, 0.15) is 36.5 Å². The minimum absolute atomic E-state index is 0.0689. The molecule has 1 aliphatic heterocycles. The van der Waals surface area contributed by atoms with Crippen molar-refractivity contribution in [3.63, 3.8) is 0 Å². The smallest absolute Gasteiger partial charge is 0.222 e. The number of benzene rings is 1. The molecule has 96 valence electrons. The molecule has 0 aliphatic carbocycles. The summed E-state index contributed by atoms with van der Waals surface area (Å²) >= 11 is 0. The van der Waals surface area contributed by atoms with Gasteiger partial charge in [0, 0.05) is 24.1 Å². The molecule has 1 aliphatic rings. The molecule has 1 aromatic carbocycles.